The molecule has 228 valence electrons. The zero-order valence-corrected chi connectivity index (χ0v) is 25.2. The van der Waals surface area contributed by atoms with Crippen LogP contribution >= 0.6 is 22.6 Å². The van der Waals surface area contributed by atoms with Crippen LogP contribution < -0.4 is 9.64 Å². The summed E-state index contributed by atoms with van der Waals surface area (Å²) in [5, 5.41) is 41.4. The van der Waals surface area contributed by atoms with Gasteiger partial charge in [0.25, 0.3) is 0 Å². The second kappa shape index (κ2) is 13.2. The number of halogens is 2. The number of methoxy groups -OCH3 is 1. The lowest BCUT2D eigenvalue weighted by atomic mass is 9.78. The zero-order chi connectivity index (χ0) is 30.8. The number of nitrogens with zero attached hydrogens (tertiary/aromatic N) is 1. The summed E-state index contributed by atoms with van der Waals surface area (Å²) in [7, 11) is 1.10. The molecule has 2 saturated heterocycles. The fraction of sp³-hybridized carbons (Fsp3) is 0.355. The van der Waals surface area contributed by atoms with Crippen molar-refractivity contribution in [1.29, 1.82) is 0 Å². The summed E-state index contributed by atoms with van der Waals surface area (Å²) < 4.78 is 30.1. The molecule has 2 aliphatic heterocycles. The summed E-state index contributed by atoms with van der Waals surface area (Å²) in [5.41, 5.74) is 2.09. The van der Waals surface area contributed by atoms with Gasteiger partial charge in [0, 0.05) is 9.26 Å². The second-order valence-electron chi connectivity index (χ2n) is 10.5. The normalized spacial score (nSPS) is 27.7. The van der Waals surface area contributed by atoms with Crippen LogP contribution in [0, 0.1) is 15.3 Å². The minimum Gasteiger partial charge on any atom is -0.467 e. The van der Waals surface area contributed by atoms with Crippen molar-refractivity contribution in [1.82, 2.24) is 0 Å². The van der Waals surface area contributed by atoms with Gasteiger partial charge in [-0.05, 0) is 95.1 Å². The number of hydrogen-bond acceptors (Lipinski definition) is 9. The van der Waals surface area contributed by atoms with Crippen molar-refractivity contribution >= 4 is 40.2 Å². The van der Waals surface area contributed by atoms with E-state index in [0.717, 1.165) is 21.9 Å². The molecular weight excluding hydrogens is 676 g/mol. The molecule has 0 aromatic heterocycles. The number of aliphatic hydroxyl groups excluding tert-OH is 4. The molecule has 0 aliphatic carbocycles. The number of ether oxygens (including phenoxy) is 3. The van der Waals surface area contributed by atoms with E-state index in [9.17, 15) is 34.4 Å². The fourth-order valence-electron chi connectivity index (χ4n) is 5.42. The molecule has 1 amide bonds. The first-order valence-corrected chi connectivity index (χ1v) is 14.7. The smallest absolute Gasteiger partial charge is 0.337 e. The molecule has 5 rings (SSSR count). The van der Waals surface area contributed by atoms with Crippen LogP contribution in [-0.2, 0) is 19.1 Å². The van der Waals surface area contributed by atoms with Crippen molar-refractivity contribution in [3.8, 4) is 5.75 Å². The maximum Gasteiger partial charge on any atom is 0.337 e. The second-order valence-corrected chi connectivity index (χ2v) is 11.7. The summed E-state index contributed by atoms with van der Waals surface area (Å²) in [6.45, 7) is 0. The van der Waals surface area contributed by atoms with Gasteiger partial charge in [0.1, 0.15) is 29.9 Å². The number of carbonyl (C=O) groups excluding carboxylic acids is 2. The molecule has 3 aromatic carbocycles. The first-order chi connectivity index (χ1) is 20.6. The van der Waals surface area contributed by atoms with Crippen LogP contribution in [0.25, 0.3) is 0 Å². The number of amides is 1. The zero-order valence-electron chi connectivity index (χ0n) is 23.0. The molecule has 8 atom stereocenters. The first-order valence-electron chi connectivity index (χ1n) is 13.6. The molecular formula is C31H31FINO9. The third kappa shape index (κ3) is 6.54. The van der Waals surface area contributed by atoms with Crippen LogP contribution in [0.5, 0.6) is 5.75 Å². The van der Waals surface area contributed by atoms with Crippen molar-refractivity contribution in [2.45, 2.75) is 55.7 Å². The Morgan fingerprint density at radius 1 is 0.977 bits per heavy atom. The van der Waals surface area contributed by atoms with E-state index in [-0.39, 0.29) is 17.7 Å². The van der Waals surface area contributed by atoms with Crippen LogP contribution in [0.2, 0.25) is 0 Å². The Morgan fingerprint density at radius 2 is 1.63 bits per heavy atom. The molecule has 0 saturated carbocycles. The number of β-lactam (4-membered cyclic amide) rings is 1. The van der Waals surface area contributed by atoms with Crippen LogP contribution in [0.1, 0.15) is 36.1 Å². The van der Waals surface area contributed by atoms with Gasteiger partial charge in [0.05, 0.1) is 25.2 Å². The number of esters is 1. The highest BCUT2D eigenvalue weighted by molar-refractivity contribution is 14.1. The number of benzene rings is 3. The van der Waals surface area contributed by atoms with Crippen LogP contribution in [0.3, 0.4) is 0 Å². The molecule has 0 radical (unpaired) electrons. The third-order valence-electron chi connectivity index (χ3n) is 7.80. The standard InChI is InChI=1S/C31H31FINO9/c1-41-30(40)28-26(37)25(36)27(38)31(43-28)42-21-12-4-17(5-13-21)24-22(14-15-23(35)16-2-6-18(32)7-3-16)29(39)34(24)20-10-8-19(33)9-11-20/h2-13,22-28,31,35-38H,14-15H2,1H3/t22?,23-,24+,25-,26?,27?,28-,31+/m0/s1. The van der Waals surface area contributed by atoms with E-state index in [2.05, 4.69) is 27.3 Å². The fourth-order valence-corrected chi connectivity index (χ4v) is 5.78. The molecule has 4 N–H and O–H groups in total. The Bertz CT molecular complexity index is 1420. The van der Waals surface area contributed by atoms with E-state index in [4.69, 9.17) is 9.47 Å². The Morgan fingerprint density at radius 3 is 2.26 bits per heavy atom. The van der Waals surface area contributed by atoms with E-state index in [0.29, 0.717) is 18.4 Å². The molecule has 2 fully saturated rings. The van der Waals surface area contributed by atoms with E-state index in [1.165, 1.54) is 24.3 Å². The van der Waals surface area contributed by atoms with Gasteiger partial charge < -0.3 is 39.5 Å². The van der Waals surface area contributed by atoms with Crippen LogP contribution in [0.15, 0.2) is 72.8 Å². The highest BCUT2D eigenvalue weighted by Gasteiger charge is 2.50. The van der Waals surface area contributed by atoms with E-state index in [1.54, 1.807) is 29.2 Å². The highest BCUT2D eigenvalue weighted by Crippen LogP contribution is 2.46. The topological polar surface area (TPSA) is 146 Å². The Balaban J connectivity index is 1.34. The molecule has 0 spiro atoms. The molecule has 43 heavy (non-hydrogen) atoms. The van der Waals surface area contributed by atoms with Crippen molar-refractivity contribution in [3.63, 3.8) is 0 Å². The van der Waals surface area contributed by atoms with Crippen molar-refractivity contribution in [3.05, 3.63) is 93.3 Å². The van der Waals surface area contributed by atoms with E-state index < -0.39 is 54.5 Å². The predicted octanol–water partition coefficient (Wildman–Crippen LogP) is 3.01. The lowest BCUT2D eigenvalue weighted by Gasteiger charge is -2.48. The van der Waals surface area contributed by atoms with Crippen molar-refractivity contribution < 1.29 is 48.6 Å². The molecule has 2 aliphatic rings. The highest BCUT2D eigenvalue weighted by atomic mass is 127. The average molecular weight is 707 g/mol. The number of aliphatic hydroxyl groups is 4. The van der Waals surface area contributed by atoms with Gasteiger partial charge in [-0.3, -0.25) is 4.79 Å². The van der Waals surface area contributed by atoms with E-state index >= 15 is 0 Å². The van der Waals surface area contributed by atoms with Gasteiger partial charge in [0.15, 0.2) is 6.10 Å². The van der Waals surface area contributed by atoms with Crippen molar-refractivity contribution in [2.24, 2.45) is 5.92 Å². The van der Waals surface area contributed by atoms with Gasteiger partial charge in [0.2, 0.25) is 12.2 Å². The van der Waals surface area contributed by atoms with Crippen molar-refractivity contribution in [2.75, 3.05) is 12.0 Å². The Labute approximate surface area is 260 Å². The maximum atomic E-state index is 13.4. The van der Waals surface area contributed by atoms with E-state index in [1.807, 2.05) is 24.3 Å². The summed E-state index contributed by atoms with van der Waals surface area (Å²) in [6.07, 6.45) is -8.26. The number of anilines is 1. The SMILES string of the molecule is COC(=O)[C@H]1O[C@@H](Oc2ccc([C@@H]3C(CC[C@H](O)c4ccc(F)cc4)C(=O)N3c3ccc(I)cc3)cc2)C(O)[C@@H](O)C1O. The van der Waals surface area contributed by atoms with Gasteiger partial charge in [-0.15, -0.1) is 0 Å². The maximum absolute atomic E-state index is 13.4. The quantitative estimate of drug-likeness (QED) is 0.150. The summed E-state index contributed by atoms with van der Waals surface area (Å²) >= 11 is 2.19. The molecule has 10 nitrogen and oxygen atoms in total. The third-order valence-corrected chi connectivity index (χ3v) is 8.52. The van der Waals surface area contributed by atoms with Gasteiger partial charge >= 0.3 is 5.97 Å². The predicted molar refractivity (Wildman–Crippen MR) is 159 cm³/mol. The molecule has 3 unspecified atom stereocenters. The largest absolute Gasteiger partial charge is 0.467 e. The van der Waals surface area contributed by atoms with Gasteiger partial charge in [-0.1, -0.05) is 24.3 Å². The van der Waals surface area contributed by atoms with Gasteiger partial charge in [-0.2, -0.15) is 0 Å². The number of hydrogen-bond donors (Lipinski definition) is 4. The molecule has 2 heterocycles. The summed E-state index contributed by atoms with van der Waals surface area (Å²) in [4.78, 5) is 27.1. The summed E-state index contributed by atoms with van der Waals surface area (Å²) in [6, 6.07) is 19.6. The lowest BCUT2D eigenvalue weighted by molar-refractivity contribution is -0.271. The minimum absolute atomic E-state index is 0.0852. The Kier molecular flexibility index (Phi) is 9.63. The monoisotopic (exact) mass is 707 g/mol. The van der Waals surface area contributed by atoms with Gasteiger partial charge in [-0.25, -0.2) is 9.18 Å². The minimum atomic E-state index is -1.71. The van der Waals surface area contributed by atoms with Crippen LogP contribution in [-0.4, -0.2) is 70.1 Å². The summed E-state index contributed by atoms with van der Waals surface area (Å²) in [5.74, 6) is -1.59. The number of rotatable bonds is 9. The Hall–Kier alpha value is -3.14. The average Bonchev–Trinajstić information content (AvgIpc) is 3.01. The molecule has 3 aromatic rings. The molecule has 12 heteroatoms. The van der Waals surface area contributed by atoms with Crippen LogP contribution in [0.4, 0.5) is 10.1 Å². The lowest BCUT2D eigenvalue weighted by Crippen LogP contribution is -2.61. The molecule has 0 bridgehead atoms. The number of carbonyl (C=O) groups is 2. The first kappa shape index (κ1) is 31.3.